The van der Waals surface area contributed by atoms with Crippen molar-refractivity contribution in [2.24, 2.45) is 17.8 Å². The first kappa shape index (κ1) is 15.3. The zero-order valence-electron chi connectivity index (χ0n) is 12.7. The number of likely N-dealkylation sites (tertiary alicyclic amines) is 2. The highest BCUT2D eigenvalue weighted by atomic mass is 16.3. The maximum atomic E-state index is 12.6. The van der Waals surface area contributed by atoms with Crippen molar-refractivity contribution in [3.05, 3.63) is 0 Å². The average Bonchev–Trinajstić information content (AvgIpc) is 2.92. The van der Waals surface area contributed by atoms with E-state index in [2.05, 4.69) is 20.8 Å². The van der Waals surface area contributed by atoms with Gasteiger partial charge in [0.05, 0.1) is 18.6 Å². The molecule has 5 heteroatoms. The van der Waals surface area contributed by atoms with E-state index in [0.29, 0.717) is 31.3 Å². The highest BCUT2D eigenvalue weighted by molar-refractivity contribution is 5.89. The predicted octanol–water partition coefficient (Wildman–Crippen LogP) is 0.720. The Kier molecular flexibility index (Phi) is 4.68. The Morgan fingerprint density at radius 2 is 2.15 bits per heavy atom. The highest BCUT2D eigenvalue weighted by Gasteiger charge is 2.41. The molecule has 0 radical (unpaired) electrons. The number of carbonyl (C=O) groups excluding carboxylic acids is 2. The molecule has 2 rings (SSSR count). The second-order valence-corrected chi connectivity index (χ2v) is 6.64. The fraction of sp³-hybridized carbons (Fsp3) is 0.867. The highest BCUT2D eigenvalue weighted by Crippen LogP contribution is 2.28. The van der Waals surface area contributed by atoms with Gasteiger partial charge >= 0.3 is 0 Å². The van der Waals surface area contributed by atoms with Crippen LogP contribution in [0.25, 0.3) is 0 Å². The SMILES string of the molecule is CC(C)CN1CC(C(=O)N2CCC(C)C2CO)CC1=O. The van der Waals surface area contributed by atoms with Gasteiger partial charge in [0.25, 0.3) is 0 Å². The lowest BCUT2D eigenvalue weighted by atomic mass is 10.0. The quantitative estimate of drug-likeness (QED) is 0.826. The topological polar surface area (TPSA) is 60.9 Å². The molecule has 2 aliphatic rings. The van der Waals surface area contributed by atoms with Gasteiger partial charge in [-0.1, -0.05) is 20.8 Å². The van der Waals surface area contributed by atoms with Crippen molar-refractivity contribution in [1.29, 1.82) is 0 Å². The molecule has 3 atom stereocenters. The third-order valence-corrected chi connectivity index (χ3v) is 4.50. The number of nitrogens with zero attached hydrogens (tertiary/aromatic N) is 2. The summed E-state index contributed by atoms with van der Waals surface area (Å²) in [5.74, 6) is 0.677. The molecule has 2 heterocycles. The van der Waals surface area contributed by atoms with Crippen LogP contribution < -0.4 is 0 Å². The van der Waals surface area contributed by atoms with Crippen molar-refractivity contribution in [3.63, 3.8) is 0 Å². The summed E-state index contributed by atoms with van der Waals surface area (Å²) in [5.41, 5.74) is 0. The monoisotopic (exact) mass is 282 g/mol. The van der Waals surface area contributed by atoms with E-state index in [0.717, 1.165) is 13.0 Å². The van der Waals surface area contributed by atoms with Crippen LogP contribution in [0, 0.1) is 17.8 Å². The zero-order chi connectivity index (χ0) is 14.9. The van der Waals surface area contributed by atoms with Crippen LogP contribution in [0.1, 0.15) is 33.6 Å². The van der Waals surface area contributed by atoms with E-state index in [1.807, 2.05) is 0 Å². The van der Waals surface area contributed by atoms with Crippen LogP contribution in [-0.2, 0) is 9.59 Å². The van der Waals surface area contributed by atoms with Gasteiger partial charge in [-0.25, -0.2) is 0 Å². The molecule has 2 aliphatic heterocycles. The van der Waals surface area contributed by atoms with E-state index in [4.69, 9.17) is 0 Å². The molecule has 114 valence electrons. The van der Waals surface area contributed by atoms with Crippen LogP contribution in [0.2, 0.25) is 0 Å². The van der Waals surface area contributed by atoms with Crippen LogP contribution in [0.5, 0.6) is 0 Å². The fourth-order valence-corrected chi connectivity index (χ4v) is 3.35. The molecule has 2 saturated heterocycles. The van der Waals surface area contributed by atoms with Gasteiger partial charge in [0.15, 0.2) is 0 Å². The van der Waals surface area contributed by atoms with Gasteiger partial charge in [0.2, 0.25) is 11.8 Å². The van der Waals surface area contributed by atoms with Gasteiger partial charge in [-0.3, -0.25) is 9.59 Å². The Bertz CT molecular complexity index is 383. The zero-order valence-corrected chi connectivity index (χ0v) is 12.7. The third kappa shape index (κ3) is 2.97. The third-order valence-electron chi connectivity index (χ3n) is 4.50. The summed E-state index contributed by atoms with van der Waals surface area (Å²) in [6, 6.07) is -0.0725. The molecular weight excluding hydrogens is 256 g/mol. The summed E-state index contributed by atoms with van der Waals surface area (Å²) in [5, 5.41) is 9.45. The molecule has 2 amide bonds. The van der Waals surface area contributed by atoms with Crippen molar-refractivity contribution in [2.45, 2.75) is 39.7 Å². The lowest BCUT2D eigenvalue weighted by Gasteiger charge is -2.27. The minimum atomic E-state index is -0.222. The van der Waals surface area contributed by atoms with Gasteiger partial charge in [-0.2, -0.15) is 0 Å². The number of hydrogen-bond acceptors (Lipinski definition) is 3. The molecule has 0 aliphatic carbocycles. The van der Waals surface area contributed by atoms with Gasteiger partial charge in [-0.05, 0) is 18.3 Å². The summed E-state index contributed by atoms with van der Waals surface area (Å²) in [4.78, 5) is 28.1. The van der Waals surface area contributed by atoms with Crippen LogP contribution in [0.4, 0.5) is 0 Å². The second-order valence-electron chi connectivity index (χ2n) is 6.64. The first-order valence-electron chi connectivity index (χ1n) is 7.63. The van der Waals surface area contributed by atoms with E-state index in [-0.39, 0.29) is 30.4 Å². The van der Waals surface area contributed by atoms with Crippen molar-refractivity contribution in [1.82, 2.24) is 9.80 Å². The number of amides is 2. The molecule has 1 N–H and O–H groups in total. The summed E-state index contributed by atoms with van der Waals surface area (Å²) in [7, 11) is 0. The van der Waals surface area contributed by atoms with Crippen molar-refractivity contribution < 1.29 is 14.7 Å². The molecule has 0 aromatic carbocycles. The average molecular weight is 282 g/mol. The molecule has 5 nitrogen and oxygen atoms in total. The summed E-state index contributed by atoms with van der Waals surface area (Å²) in [6.07, 6.45) is 1.27. The first-order valence-corrected chi connectivity index (χ1v) is 7.63. The van der Waals surface area contributed by atoms with Crippen LogP contribution in [0.15, 0.2) is 0 Å². The molecule has 0 spiro atoms. The van der Waals surface area contributed by atoms with E-state index in [1.165, 1.54) is 0 Å². The molecule has 0 aromatic rings. The molecule has 2 fully saturated rings. The Balaban J connectivity index is 1.99. The number of rotatable bonds is 4. The molecule has 20 heavy (non-hydrogen) atoms. The standard InChI is InChI=1S/C15H26N2O3/c1-10(2)7-16-8-12(6-14(16)19)15(20)17-5-4-11(3)13(17)9-18/h10-13,18H,4-9H2,1-3H3. The summed E-state index contributed by atoms with van der Waals surface area (Å²) in [6.45, 7) is 8.21. The lowest BCUT2D eigenvalue weighted by molar-refractivity contribution is -0.137. The fourth-order valence-electron chi connectivity index (χ4n) is 3.35. The normalized spacial score (nSPS) is 30.6. The second kappa shape index (κ2) is 6.12. The Hall–Kier alpha value is -1.10. The Morgan fingerprint density at radius 1 is 1.45 bits per heavy atom. The van der Waals surface area contributed by atoms with Gasteiger partial charge in [-0.15, -0.1) is 0 Å². The van der Waals surface area contributed by atoms with Crippen LogP contribution in [-0.4, -0.2) is 59.0 Å². The van der Waals surface area contributed by atoms with E-state index >= 15 is 0 Å². The molecule has 3 unspecified atom stereocenters. The van der Waals surface area contributed by atoms with Crippen molar-refractivity contribution in [3.8, 4) is 0 Å². The van der Waals surface area contributed by atoms with E-state index in [9.17, 15) is 14.7 Å². The number of hydrogen-bond donors (Lipinski definition) is 1. The molecule has 0 bridgehead atoms. The largest absolute Gasteiger partial charge is 0.394 e. The molecule has 0 aromatic heterocycles. The van der Waals surface area contributed by atoms with Crippen molar-refractivity contribution >= 4 is 11.8 Å². The Labute approximate surface area is 120 Å². The van der Waals surface area contributed by atoms with Gasteiger partial charge < -0.3 is 14.9 Å². The first-order chi connectivity index (χ1) is 9.43. The molecular formula is C15H26N2O3. The minimum Gasteiger partial charge on any atom is -0.394 e. The van der Waals surface area contributed by atoms with E-state index < -0.39 is 0 Å². The Morgan fingerprint density at radius 3 is 2.75 bits per heavy atom. The summed E-state index contributed by atoms with van der Waals surface area (Å²) >= 11 is 0. The summed E-state index contributed by atoms with van der Waals surface area (Å²) < 4.78 is 0. The lowest BCUT2D eigenvalue weighted by Crippen LogP contribution is -2.43. The van der Waals surface area contributed by atoms with Crippen molar-refractivity contribution in [2.75, 3.05) is 26.2 Å². The predicted molar refractivity (Wildman–Crippen MR) is 75.9 cm³/mol. The smallest absolute Gasteiger partial charge is 0.228 e. The minimum absolute atomic E-state index is 0.0171. The van der Waals surface area contributed by atoms with E-state index in [1.54, 1.807) is 9.80 Å². The number of carbonyl (C=O) groups is 2. The number of aliphatic hydroxyl groups is 1. The van der Waals surface area contributed by atoms with Gasteiger partial charge in [0, 0.05) is 26.1 Å². The maximum absolute atomic E-state index is 12.6. The van der Waals surface area contributed by atoms with Gasteiger partial charge in [0.1, 0.15) is 0 Å². The van der Waals surface area contributed by atoms with Crippen LogP contribution in [0.3, 0.4) is 0 Å². The number of aliphatic hydroxyl groups excluding tert-OH is 1. The molecule has 0 saturated carbocycles. The maximum Gasteiger partial charge on any atom is 0.228 e. The van der Waals surface area contributed by atoms with Crippen LogP contribution >= 0.6 is 0 Å².